The molecule has 2 heterocycles. The van der Waals surface area contributed by atoms with Crippen LogP contribution < -0.4 is 5.32 Å². The van der Waals surface area contributed by atoms with Gasteiger partial charge in [0.2, 0.25) is 5.91 Å². The van der Waals surface area contributed by atoms with Crippen LogP contribution >= 0.6 is 11.6 Å². The molecule has 0 spiro atoms. The first-order chi connectivity index (χ1) is 12.7. The zero-order valence-electron chi connectivity index (χ0n) is 14.9. The molecule has 2 saturated heterocycles. The number of benzene rings is 2. The van der Waals surface area contributed by atoms with Crippen LogP contribution in [0.4, 0.5) is 0 Å². The number of nitrogens with one attached hydrogen (secondary N) is 1. The number of carbonyl (C=O) groups excluding carboxylic acids is 1. The van der Waals surface area contributed by atoms with Crippen molar-refractivity contribution in [3.63, 3.8) is 0 Å². The first-order valence-corrected chi connectivity index (χ1v) is 9.91. The molecule has 3 atom stereocenters. The highest BCUT2D eigenvalue weighted by Gasteiger charge is 2.40. The molecule has 0 aromatic heterocycles. The highest BCUT2D eigenvalue weighted by Crippen LogP contribution is 2.35. The van der Waals surface area contributed by atoms with Gasteiger partial charge in [-0.05, 0) is 36.5 Å². The van der Waals surface area contributed by atoms with Gasteiger partial charge < -0.3 is 10.2 Å². The monoisotopic (exact) mass is 368 g/mol. The topological polar surface area (TPSA) is 32.3 Å². The molecule has 0 aliphatic carbocycles. The van der Waals surface area contributed by atoms with Crippen LogP contribution in [0.15, 0.2) is 54.6 Å². The second-order valence-corrected chi connectivity index (χ2v) is 7.82. The Bertz CT molecular complexity index is 764. The van der Waals surface area contributed by atoms with Crippen molar-refractivity contribution in [1.29, 1.82) is 0 Å². The van der Waals surface area contributed by atoms with Crippen molar-refractivity contribution < 1.29 is 4.79 Å². The van der Waals surface area contributed by atoms with E-state index in [1.807, 2.05) is 24.3 Å². The van der Waals surface area contributed by atoms with E-state index in [0.29, 0.717) is 11.9 Å². The predicted molar refractivity (Wildman–Crippen MR) is 105 cm³/mol. The van der Waals surface area contributed by atoms with Gasteiger partial charge in [-0.1, -0.05) is 60.1 Å². The van der Waals surface area contributed by atoms with Crippen molar-refractivity contribution in [2.45, 2.75) is 31.2 Å². The van der Waals surface area contributed by atoms with Crippen molar-refractivity contribution >= 4 is 17.5 Å². The van der Waals surface area contributed by atoms with Crippen LogP contribution in [0.25, 0.3) is 0 Å². The van der Waals surface area contributed by atoms with E-state index in [9.17, 15) is 4.79 Å². The SMILES string of the molecule is O=C([C@@H]1CNC[C@H]1c1ccccc1Cl)N1CCCC1Cc1ccccc1. The molecule has 26 heavy (non-hydrogen) atoms. The van der Waals surface area contributed by atoms with Crippen LogP contribution in [-0.4, -0.2) is 36.5 Å². The predicted octanol–water partition coefficient (Wildman–Crippen LogP) is 3.88. The molecule has 0 bridgehead atoms. The molecule has 3 nitrogen and oxygen atoms in total. The zero-order chi connectivity index (χ0) is 17.9. The number of hydrogen-bond donors (Lipinski definition) is 1. The van der Waals surface area contributed by atoms with Crippen LogP contribution in [0.1, 0.15) is 29.9 Å². The van der Waals surface area contributed by atoms with Crippen molar-refractivity contribution in [3.8, 4) is 0 Å². The fourth-order valence-electron chi connectivity index (χ4n) is 4.48. The van der Waals surface area contributed by atoms with Gasteiger partial charge in [-0.2, -0.15) is 0 Å². The Morgan fingerprint density at radius 2 is 1.85 bits per heavy atom. The molecule has 4 rings (SSSR count). The largest absolute Gasteiger partial charge is 0.339 e. The molecule has 2 aromatic rings. The molecular formula is C22H25ClN2O. The van der Waals surface area contributed by atoms with E-state index in [2.05, 4.69) is 40.5 Å². The number of amides is 1. The highest BCUT2D eigenvalue weighted by atomic mass is 35.5. The van der Waals surface area contributed by atoms with Gasteiger partial charge in [-0.25, -0.2) is 0 Å². The van der Waals surface area contributed by atoms with Crippen molar-refractivity contribution in [3.05, 3.63) is 70.7 Å². The third-order valence-corrected chi connectivity index (χ3v) is 6.15. The van der Waals surface area contributed by atoms with Crippen molar-refractivity contribution in [1.82, 2.24) is 10.2 Å². The van der Waals surface area contributed by atoms with Crippen LogP contribution in [0.5, 0.6) is 0 Å². The van der Waals surface area contributed by atoms with E-state index < -0.39 is 0 Å². The maximum Gasteiger partial charge on any atom is 0.227 e. The maximum absolute atomic E-state index is 13.4. The smallest absolute Gasteiger partial charge is 0.227 e. The second-order valence-electron chi connectivity index (χ2n) is 7.41. The Balaban J connectivity index is 1.51. The molecule has 0 radical (unpaired) electrons. The summed E-state index contributed by atoms with van der Waals surface area (Å²) in [4.78, 5) is 15.5. The number of likely N-dealkylation sites (tertiary alicyclic amines) is 1. The number of hydrogen-bond acceptors (Lipinski definition) is 2. The Morgan fingerprint density at radius 1 is 1.08 bits per heavy atom. The summed E-state index contributed by atoms with van der Waals surface area (Å²) >= 11 is 6.42. The summed E-state index contributed by atoms with van der Waals surface area (Å²) in [5.74, 6) is 0.429. The van der Waals surface area contributed by atoms with Gasteiger partial charge in [0.25, 0.3) is 0 Å². The van der Waals surface area contributed by atoms with Crippen molar-refractivity contribution in [2.24, 2.45) is 5.92 Å². The Kier molecular flexibility index (Phi) is 5.28. The van der Waals surface area contributed by atoms with Gasteiger partial charge in [0.15, 0.2) is 0 Å². The van der Waals surface area contributed by atoms with E-state index in [1.165, 1.54) is 5.56 Å². The zero-order valence-corrected chi connectivity index (χ0v) is 15.7. The third kappa shape index (κ3) is 3.51. The van der Waals surface area contributed by atoms with Crippen LogP contribution in [0.3, 0.4) is 0 Å². The first-order valence-electron chi connectivity index (χ1n) is 9.53. The van der Waals surface area contributed by atoms with E-state index in [4.69, 9.17) is 11.6 Å². The van der Waals surface area contributed by atoms with Gasteiger partial charge in [-0.15, -0.1) is 0 Å². The summed E-state index contributed by atoms with van der Waals surface area (Å²) in [5, 5.41) is 4.18. The lowest BCUT2D eigenvalue weighted by Crippen LogP contribution is -2.42. The Labute approximate surface area is 160 Å². The molecule has 4 heteroatoms. The summed E-state index contributed by atoms with van der Waals surface area (Å²) in [5.41, 5.74) is 2.40. The molecular weight excluding hydrogens is 344 g/mol. The van der Waals surface area contributed by atoms with Gasteiger partial charge in [-0.3, -0.25) is 4.79 Å². The number of rotatable bonds is 4. The maximum atomic E-state index is 13.4. The molecule has 2 aromatic carbocycles. The quantitative estimate of drug-likeness (QED) is 0.888. The van der Waals surface area contributed by atoms with Gasteiger partial charge in [0, 0.05) is 36.6 Å². The molecule has 0 saturated carbocycles. The minimum atomic E-state index is -0.0220. The van der Waals surface area contributed by atoms with E-state index >= 15 is 0 Å². The molecule has 2 aliphatic heterocycles. The Morgan fingerprint density at radius 3 is 2.65 bits per heavy atom. The molecule has 2 fully saturated rings. The Hall–Kier alpha value is -1.84. The highest BCUT2D eigenvalue weighted by molar-refractivity contribution is 6.31. The standard InChI is InChI=1S/C22H25ClN2O/c23-21-11-5-4-10-18(21)19-14-24-15-20(19)22(26)25-12-6-9-17(25)13-16-7-2-1-3-8-16/h1-5,7-8,10-11,17,19-20,24H,6,9,12-15H2/t17?,19-,20+/m0/s1. The molecule has 1 amide bonds. The summed E-state index contributed by atoms with van der Waals surface area (Å²) in [7, 11) is 0. The fourth-order valence-corrected chi connectivity index (χ4v) is 4.75. The number of carbonyl (C=O) groups is 1. The average molecular weight is 369 g/mol. The fraction of sp³-hybridized carbons (Fsp3) is 0.409. The lowest BCUT2D eigenvalue weighted by Gasteiger charge is -2.30. The van der Waals surface area contributed by atoms with Crippen LogP contribution in [0, 0.1) is 5.92 Å². The summed E-state index contributed by atoms with van der Waals surface area (Å²) in [6, 6.07) is 18.8. The third-order valence-electron chi connectivity index (χ3n) is 5.81. The lowest BCUT2D eigenvalue weighted by molar-refractivity contribution is -0.136. The van der Waals surface area contributed by atoms with Crippen LogP contribution in [-0.2, 0) is 11.2 Å². The van der Waals surface area contributed by atoms with E-state index in [0.717, 1.165) is 49.5 Å². The lowest BCUT2D eigenvalue weighted by atomic mass is 9.87. The first kappa shape index (κ1) is 17.6. The number of nitrogens with zero attached hydrogens (tertiary/aromatic N) is 1. The van der Waals surface area contributed by atoms with Crippen molar-refractivity contribution in [2.75, 3.05) is 19.6 Å². The minimum Gasteiger partial charge on any atom is -0.339 e. The minimum absolute atomic E-state index is 0.0220. The van der Waals surface area contributed by atoms with Gasteiger partial charge >= 0.3 is 0 Å². The molecule has 2 aliphatic rings. The summed E-state index contributed by atoms with van der Waals surface area (Å²) < 4.78 is 0. The van der Waals surface area contributed by atoms with Crippen LogP contribution in [0.2, 0.25) is 5.02 Å². The average Bonchev–Trinajstić information content (AvgIpc) is 3.32. The second kappa shape index (κ2) is 7.81. The number of halogens is 1. The van der Waals surface area contributed by atoms with E-state index in [-0.39, 0.29) is 11.8 Å². The summed E-state index contributed by atoms with van der Waals surface area (Å²) in [6.07, 6.45) is 3.14. The normalized spacial score (nSPS) is 25.6. The molecule has 136 valence electrons. The van der Waals surface area contributed by atoms with Gasteiger partial charge in [0.1, 0.15) is 0 Å². The van der Waals surface area contributed by atoms with Gasteiger partial charge in [0.05, 0.1) is 5.92 Å². The summed E-state index contributed by atoms with van der Waals surface area (Å²) in [6.45, 7) is 2.43. The molecule has 1 unspecified atom stereocenters. The molecule has 1 N–H and O–H groups in total. The van der Waals surface area contributed by atoms with E-state index in [1.54, 1.807) is 0 Å².